The summed E-state index contributed by atoms with van der Waals surface area (Å²) in [5.41, 5.74) is 2.91. The van der Waals surface area contributed by atoms with E-state index in [0.717, 1.165) is 25.0 Å². The summed E-state index contributed by atoms with van der Waals surface area (Å²) >= 11 is 3.67. The van der Waals surface area contributed by atoms with Crippen LogP contribution in [0.1, 0.15) is 51.0 Å². The van der Waals surface area contributed by atoms with Gasteiger partial charge in [0.15, 0.2) is 0 Å². The lowest BCUT2D eigenvalue weighted by Crippen LogP contribution is -2.47. The van der Waals surface area contributed by atoms with Crippen molar-refractivity contribution in [2.45, 2.75) is 58.0 Å². The van der Waals surface area contributed by atoms with Crippen LogP contribution < -0.4 is 10.2 Å². The highest BCUT2D eigenvalue weighted by Gasteiger charge is 2.34. The minimum atomic E-state index is 0.780. The third kappa shape index (κ3) is 3.45. The second kappa shape index (κ2) is 7.15. The molecule has 1 saturated heterocycles. The van der Waals surface area contributed by atoms with Gasteiger partial charge in [-0.2, -0.15) is 0 Å². The molecule has 3 heteroatoms. The first-order chi connectivity index (χ1) is 10.3. The van der Waals surface area contributed by atoms with E-state index >= 15 is 0 Å². The van der Waals surface area contributed by atoms with Crippen LogP contribution in [0.15, 0.2) is 22.7 Å². The van der Waals surface area contributed by atoms with E-state index in [1.54, 1.807) is 0 Å². The van der Waals surface area contributed by atoms with Gasteiger partial charge in [-0.15, -0.1) is 0 Å². The van der Waals surface area contributed by atoms with Crippen LogP contribution in [0.2, 0.25) is 0 Å². The van der Waals surface area contributed by atoms with Crippen molar-refractivity contribution in [3.63, 3.8) is 0 Å². The summed E-state index contributed by atoms with van der Waals surface area (Å²) in [5, 5.41) is 3.49. The molecule has 1 N–H and O–H groups in total. The van der Waals surface area contributed by atoms with Gasteiger partial charge < -0.3 is 10.2 Å². The fourth-order valence-corrected chi connectivity index (χ4v) is 4.49. The highest BCUT2D eigenvalue weighted by molar-refractivity contribution is 9.10. The molecule has 2 nitrogen and oxygen atoms in total. The largest absolute Gasteiger partial charge is 0.368 e. The summed E-state index contributed by atoms with van der Waals surface area (Å²) in [6, 6.07) is 7.58. The molecule has 1 aromatic rings. The molecule has 21 heavy (non-hydrogen) atoms. The zero-order valence-electron chi connectivity index (χ0n) is 13.1. The fraction of sp³-hybridized carbons (Fsp3) is 0.667. The van der Waals surface area contributed by atoms with Crippen molar-refractivity contribution in [3.05, 3.63) is 28.2 Å². The molecule has 0 radical (unpaired) electrons. The van der Waals surface area contributed by atoms with E-state index < -0.39 is 0 Å². The molecule has 0 unspecified atom stereocenters. The monoisotopic (exact) mass is 350 g/mol. The molecule has 3 rings (SSSR count). The molecule has 1 heterocycles. The van der Waals surface area contributed by atoms with Gasteiger partial charge in [0.2, 0.25) is 0 Å². The molecule has 1 aromatic carbocycles. The van der Waals surface area contributed by atoms with E-state index in [4.69, 9.17) is 0 Å². The maximum absolute atomic E-state index is 3.67. The number of nitrogens with zero attached hydrogens (tertiary/aromatic N) is 1. The van der Waals surface area contributed by atoms with Crippen LogP contribution in [0, 0.1) is 5.92 Å². The van der Waals surface area contributed by atoms with Crippen LogP contribution >= 0.6 is 15.9 Å². The van der Waals surface area contributed by atoms with Crippen molar-refractivity contribution in [2.24, 2.45) is 5.92 Å². The quantitative estimate of drug-likeness (QED) is 0.845. The van der Waals surface area contributed by atoms with E-state index in [9.17, 15) is 0 Å². The molecule has 0 bridgehead atoms. The van der Waals surface area contributed by atoms with Crippen LogP contribution in [-0.4, -0.2) is 19.1 Å². The van der Waals surface area contributed by atoms with E-state index in [2.05, 4.69) is 51.3 Å². The number of rotatable bonds is 4. The Hall–Kier alpha value is -0.540. The number of halogens is 1. The molecule has 0 amide bonds. The Kier molecular flexibility index (Phi) is 5.23. The Bertz CT molecular complexity index is 472. The summed E-state index contributed by atoms with van der Waals surface area (Å²) in [7, 11) is 0. The van der Waals surface area contributed by atoms with Crippen molar-refractivity contribution in [2.75, 3.05) is 18.0 Å². The number of hydrogen-bond acceptors (Lipinski definition) is 2. The number of benzene rings is 1. The van der Waals surface area contributed by atoms with Crippen molar-refractivity contribution < 1.29 is 0 Å². The molecule has 1 saturated carbocycles. The van der Waals surface area contributed by atoms with Gasteiger partial charge in [0.1, 0.15) is 0 Å². The zero-order chi connectivity index (χ0) is 14.7. The number of nitrogens with one attached hydrogen (secondary N) is 1. The minimum absolute atomic E-state index is 0.780. The number of piperidine rings is 1. The highest BCUT2D eigenvalue weighted by atomic mass is 79.9. The Morgan fingerprint density at radius 3 is 2.86 bits per heavy atom. The lowest BCUT2D eigenvalue weighted by atomic mass is 9.78. The lowest BCUT2D eigenvalue weighted by molar-refractivity contribution is 0.243. The normalized spacial score (nSPS) is 25.7. The fourth-order valence-electron chi connectivity index (χ4n) is 4.14. The van der Waals surface area contributed by atoms with Crippen molar-refractivity contribution in [1.29, 1.82) is 0 Å². The number of fused-ring (bicyclic) bond motifs is 1. The topological polar surface area (TPSA) is 15.3 Å². The molecular weight excluding hydrogens is 324 g/mol. The maximum atomic E-state index is 3.67. The Labute approximate surface area is 137 Å². The molecule has 0 aromatic heterocycles. The van der Waals surface area contributed by atoms with Gasteiger partial charge in [0.25, 0.3) is 0 Å². The summed E-state index contributed by atoms with van der Waals surface area (Å²) in [4.78, 5) is 2.73. The zero-order valence-corrected chi connectivity index (χ0v) is 14.7. The van der Waals surface area contributed by atoms with Gasteiger partial charge in [-0.3, -0.25) is 0 Å². The van der Waals surface area contributed by atoms with E-state index in [1.807, 2.05) is 0 Å². The molecule has 2 atom stereocenters. The Morgan fingerprint density at radius 1 is 1.19 bits per heavy atom. The van der Waals surface area contributed by atoms with Crippen LogP contribution in [-0.2, 0) is 6.54 Å². The average Bonchev–Trinajstić information content (AvgIpc) is 2.53. The summed E-state index contributed by atoms with van der Waals surface area (Å²) in [6.45, 7) is 5.42. The first-order valence-corrected chi connectivity index (χ1v) is 9.34. The standard InChI is InChI=1S/C18H27BrN2/c1-2-20-13-15-9-10-16(19)12-18(15)21-11-5-7-14-6-3-4-8-17(14)21/h9-10,12,14,17,20H,2-8,11,13H2,1H3/t14-,17-/m1/s1. The molecule has 2 aliphatic rings. The predicted molar refractivity (Wildman–Crippen MR) is 93.8 cm³/mol. The highest BCUT2D eigenvalue weighted by Crippen LogP contribution is 2.39. The third-order valence-corrected chi connectivity index (χ3v) is 5.66. The van der Waals surface area contributed by atoms with Gasteiger partial charge in [0.05, 0.1) is 0 Å². The van der Waals surface area contributed by atoms with Gasteiger partial charge in [0, 0.05) is 29.3 Å². The van der Waals surface area contributed by atoms with E-state index in [1.165, 1.54) is 60.8 Å². The maximum Gasteiger partial charge on any atom is 0.0425 e. The summed E-state index contributed by atoms with van der Waals surface area (Å²) in [6.07, 6.45) is 8.48. The molecule has 1 aliphatic heterocycles. The van der Waals surface area contributed by atoms with Crippen molar-refractivity contribution >= 4 is 21.6 Å². The Balaban J connectivity index is 1.88. The first-order valence-electron chi connectivity index (χ1n) is 8.55. The summed E-state index contributed by atoms with van der Waals surface area (Å²) in [5.74, 6) is 0.929. The number of hydrogen-bond donors (Lipinski definition) is 1. The van der Waals surface area contributed by atoms with Crippen LogP contribution in [0.3, 0.4) is 0 Å². The van der Waals surface area contributed by atoms with Crippen molar-refractivity contribution in [3.8, 4) is 0 Å². The van der Waals surface area contributed by atoms with E-state index in [-0.39, 0.29) is 0 Å². The summed E-state index contributed by atoms with van der Waals surface area (Å²) < 4.78 is 1.20. The second-order valence-corrected chi connectivity index (χ2v) is 7.42. The van der Waals surface area contributed by atoms with Crippen molar-refractivity contribution in [1.82, 2.24) is 5.32 Å². The lowest BCUT2D eigenvalue weighted by Gasteiger charge is -2.46. The molecule has 116 valence electrons. The first kappa shape index (κ1) is 15.4. The molecule has 0 spiro atoms. The average molecular weight is 351 g/mol. The molecule has 1 aliphatic carbocycles. The van der Waals surface area contributed by atoms with Crippen LogP contribution in [0.25, 0.3) is 0 Å². The number of anilines is 1. The van der Waals surface area contributed by atoms with Gasteiger partial charge in [-0.05, 0) is 55.8 Å². The van der Waals surface area contributed by atoms with E-state index in [0.29, 0.717) is 0 Å². The van der Waals surface area contributed by atoms with Gasteiger partial charge in [-0.1, -0.05) is 41.8 Å². The van der Waals surface area contributed by atoms with Gasteiger partial charge >= 0.3 is 0 Å². The third-order valence-electron chi connectivity index (χ3n) is 5.17. The smallest absolute Gasteiger partial charge is 0.0425 e. The molecular formula is C18H27BrN2. The minimum Gasteiger partial charge on any atom is -0.368 e. The SMILES string of the molecule is CCNCc1ccc(Br)cc1N1CCC[C@H]2CCCC[C@H]21. The molecule has 2 fully saturated rings. The van der Waals surface area contributed by atoms with Crippen LogP contribution in [0.5, 0.6) is 0 Å². The van der Waals surface area contributed by atoms with Crippen LogP contribution in [0.4, 0.5) is 5.69 Å². The second-order valence-electron chi connectivity index (χ2n) is 6.50. The van der Waals surface area contributed by atoms with Gasteiger partial charge in [-0.25, -0.2) is 0 Å². The predicted octanol–water partition coefficient (Wildman–Crippen LogP) is 4.72. The Morgan fingerprint density at radius 2 is 2.00 bits per heavy atom.